The van der Waals surface area contributed by atoms with Gasteiger partial charge in [0.1, 0.15) is 6.10 Å². The van der Waals surface area contributed by atoms with Gasteiger partial charge in [-0.1, -0.05) is 42.5 Å². The Kier molecular flexibility index (Phi) is 7.05. The van der Waals surface area contributed by atoms with Gasteiger partial charge in [-0.05, 0) is 49.5 Å². The molecule has 0 amide bonds. The first kappa shape index (κ1) is 22.0. The highest BCUT2D eigenvalue weighted by Crippen LogP contribution is 2.26. The third kappa shape index (κ3) is 5.73. The SMILES string of the molecule is O=S(=O)(/C=C/c1ccccc1)N1CCC(N2CCC(Oc3ccccc3F)CC2)CC1. The van der Waals surface area contributed by atoms with Crippen LogP contribution < -0.4 is 4.74 Å². The molecule has 2 aliphatic rings. The molecule has 0 spiro atoms. The van der Waals surface area contributed by atoms with Gasteiger partial charge in [-0.3, -0.25) is 0 Å². The van der Waals surface area contributed by atoms with E-state index in [0.29, 0.717) is 24.9 Å². The molecule has 0 radical (unpaired) electrons. The first-order valence-corrected chi connectivity index (χ1v) is 12.4. The molecule has 0 saturated carbocycles. The lowest BCUT2D eigenvalue weighted by atomic mass is 10.00. The van der Waals surface area contributed by atoms with E-state index in [-0.39, 0.29) is 11.9 Å². The third-order valence-electron chi connectivity index (χ3n) is 6.14. The molecule has 0 atom stereocenters. The van der Waals surface area contributed by atoms with Gasteiger partial charge < -0.3 is 9.64 Å². The number of benzene rings is 2. The zero-order valence-corrected chi connectivity index (χ0v) is 18.4. The number of sulfonamides is 1. The molecule has 2 saturated heterocycles. The second-order valence-electron chi connectivity index (χ2n) is 8.17. The lowest BCUT2D eigenvalue weighted by Crippen LogP contribution is -2.49. The molecule has 0 aromatic heterocycles. The van der Waals surface area contributed by atoms with Crippen molar-refractivity contribution < 1.29 is 17.5 Å². The average molecular weight is 445 g/mol. The molecule has 2 aliphatic heterocycles. The minimum atomic E-state index is -3.40. The number of ether oxygens (including phenoxy) is 1. The van der Waals surface area contributed by atoms with Crippen LogP contribution in [-0.4, -0.2) is 55.9 Å². The van der Waals surface area contributed by atoms with Gasteiger partial charge in [0.05, 0.1) is 0 Å². The van der Waals surface area contributed by atoms with Crippen LogP contribution in [-0.2, 0) is 10.0 Å². The van der Waals surface area contributed by atoms with Crippen molar-refractivity contribution in [2.24, 2.45) is 0 Å². The molecule has 0 bridgehead atoms. The van der Waals surface area contributed by atoms with Gasteiger partial charge in [0, 0.05) is 37.6 Å². The highest BCUT2D eigenvalue weighted by molar-refractivity contribution is 7.92. The summed E-state index contributed by atoms with van der Waals surface area (Å²) in [6.07, 6.45) is 5.05. The fourth-order valence-electron chi connectivity index (χ4n) is 4.36. The zero-order chi connectivity index (χ0) is 21.7. The number of halogens is 1. The first-order valence-electron chi connectivity index (χ1n) is 10.9. The van der Waals surface area contributed by atoms with Crippen molar-refractivity contribution in [3.8, 4) is 5.75 Å². The highest BCUT2D eigenvalue weighted by atomic mass is 32.2. The Morgan fingerprint density at radius 3 is 2.19 bits per heavy atom. The van der Waals surface area contributed by atoms with Crippen LogP contribution in [0.3, 0.4) is 0 Å². The molecular weight excluding hydrogens is 415 g/mol. The van der Waals surface area contributed by atoms with Crippen LogP contribution in [0.4, 0.5) is 4.39 Å². The van der Waals surface area contributed by atoms with E-state index >= 15 is 0 Å². The van der Waals surface area contributed by atoms with E-state index < -0.39 is 10.0 Å². The summed E-state index contributed by atoms with van der Waals surface area (Å²) in [7, 11) is -3.40. The minimum Gasteiger partial charge on any atom is -0.487 e. The second kappa shape index (κ2) is 9.94. The summed E-state index contributed by atoms with van der Waals surface area (Å²) in [5.41, 5.74) is 0.876. The maximum Gasteiger partial charge on any atom is 0.236 e. The molecule has 2 aromatic carbocycles. The smallest absolute Gasteiger partial charge is 0.236 e. The van der Waals surface area contributed by atoms with Gasteiger partial charge >= 0.3 is 0 Å². The molecule has 2 heterocycles. The van der Waals surface area contributed by atoms with Gasteiger partial charge in [-0.15, -0.1) is 0 Å². The molecule has 31 heavy (non-hydrogen) atoms. The lowest BCUT2D eigenvalue weighted by Gasteiger charge is -2.41. The summed E-state index contributed by atoms with van der Waals surface area (Å²) in [5, 5.41) is 1.31. The number of hydrogen-bond acceptors (Lipinski definition) is 4. The topological polar surface area (TPSA) is 49.9 Å². The Hall–Kier alpha value is -2.22. The number of rotatable bonds is 6. The number of likely N-dealkylation sites (tertiary alicyclic amines) is 1. The molecule has 2 fully saturated rings. The van der Waals surface area contributed by atoms with Crippen LogP contribution in [0, 0.1) is 5.82 Å². The second-order valence-corrected chi connectivity index (χ2v) is 9.99. The Morgan fingerprint density at radius 2 is 1.52 bits per heavy atom. The van der Waals surface area contributed by atoms with Crippen LogP contribution in [0.1, 0.15) is 31.2 Å². The van der Waals surface area contributed by atoms with E-state index in [9.17, 15) is 12.8 Å². The molecule has 7 heteroatoms. The average Bonchev–Trinajstić information content (AvgIpc) is 2.81. The van der Waals surface area contributed by atoms with E-state index in [1.54, 1.807) is 28.6 Å². The maximum absolute atomic E-state index is 13.8. The lowest BCUT2D eigenvalue weighted by molar-refractivity contribution is 0.0569. The fraction of sp³-hybridized carbons (Fsp3) is 0.417. The quantitative estimate of drug-likeness (QED) is 0.672. The Bertz CT molecular complexity index is 981. The molecule has 5 nitrogen and oxygen atoms in total. The minimum absolute atomic E-state index is 0.0248. The van der Waals surface area contributed by atoms with E-state index in [1.165, 1.54) is 11.5 Å². The standard InChI is InChI=1S/C24H29FN2O3S/c25-23-8-4-5-9-24(23)30-22-12-15-26(16-13-22)21-10-17-27(18-11-21)31(28,29)19-14-20-6-2-1-3-7-20/h1-9,14,19,21-22H,10-13,15-18H2/b19-14+. The van der Waals surface area contributed by atoms with Crippen molar-refractivity contribution in [2.45, 2.75) is 37.8 Å². The van der Waals surface area contributed by atoms with Gasteiger partial charge in [-0.25, -0.2) is 12.8 Å². The maximum atomic E-state index is 13.8. The number of para-hydroxylation sites is 1. The van der Waals surface area contributed by atoms with Crippen LogP contribution in [0.15, 0.2) is 60.0 Å². The van der Waals surface area contributed by atoms with Gasteiger partial charge in [0.15, 0.2) is 11.6 Å². The largest absolute Gasteiger partial charge is 0.487 e. The number of nitrogens with zero attached hydrogens (tertiary/aromatic N) is 2. The van der Waals surface area contributed by atoms with Crippen LogP contribution >= 0.6 is 0 Å². The van der Waals surface area contributed by atoms with E-state index in [0.717, 1.165) is 44.3 Å². The monoisotopic (exact) mass is 444 g/mol. The zero-order valence-electron chi connectivity index (χ0n) is 17.6. The molecule has 166 valence electrons. The number of hydrogen-bond donors (Lipinski definition) is 0. The predicted octanol–water partition coefficient (Wildman–Crippen LogP) is 4.13. The van der Waals surface area contributed by atoms with E-state index in [1.807, 2.05) is 30.3 Å². The van der Waals surface area contributed by atoms with Crippen molar-refractivity contribution in [3.05, 3.63) is 71.4 Å². The molecule has 0 aliphatic carbocycles. The van der Waals surface area contributed by atoms with E-state index in [2.05, 4.69) is 4.90 Å². The number of piperidine rings is 2. The molecule has 4 rings (SSSR count). The predicted molar refractivity (Wildman–Crippen MR) is 121 cm³/mol. The molecule has 0 unspecified atom stereocenters. The summed E-state index contributed by atoms with van der Waals surface area (Å²) < 4.78 is 46.6. The van der Waals surface area contributed by atoms with Crippen molar-refractivity contribution in [1.82, 2.24) is 9.21 Å². The fourth-order valence-corrected chi connectivity index (χ4v) is 5.58. The van der Waals surface area contributed by atoms with Crippen LogP contribution in [0.25, 0.3) is 6.08 Å². The Balaban J connectivity index is 1.25. The van der Waals surface area contributed by atoms with Gasteiger partial charge in [0.2, 0.25) is 10.0 Å². The van der Waals surface area contributed by atoms with Crippen molar-refractivity contribution in [3.63, 3.8) is 0 Å². The first-order chi connectivity index (χ1) is 15.0. The summed E-state index contributed by atoms with van der Waals surface area (Å²) in [5.74, 6) is 0.00264. The Morgan fingerprint density at radius 1 is 0.871 bits per heavy atom. The van der Waals surface area contributed by atoms with Crippen LogP contribution in [0.5, 0.6) is 5.75 Å². The van der Waals surface area contributed by atoms with E-state index in [4.69, 9.17) is 4.74 Å². The third-order valence-corrected chi connectivity index (χ3v) is 7.70. The van der Waals surface area contributed by atoms with Gasteiger partial charge in [-0.2, -0.15) is 4.31 Å². The highest BCUT2D eigenvalue weighted by Gasteiger charge is 2.32. The summed E-state index contributed by atoms with van der Waals surface area (Å²) in [4.78, 5) is 2.44. The molecular formula is C24H29FN2O3S. The summed E-state index contributed by atoms with van der Waals surface area (Å²) >= 11 is 0. The summed E-state index contributed by atoms with van der Waals surface area (Å²) in [6.45, 7) is 2.87. The molecule has 2 aromatic rings. The van der Waals surface area contributed by atoms with Crippen molar-refractivity contribution in [2.75, 3.05) is 26.2 Å². The normalized spacial score (nSPS) is 20.3. The van der Waals surface area contributed by atoms with Gasteiger partial charge in [0.25, 0.3) is 0 Å². The van der Waals surface area contributed by atoms with Crippen LogP contribution in [0.2, 0.25) is 0 Å². The summed E-state index contributed by atoms with van der Waals surface area (Å²) in [6, 6.07) is 16.4. The molecule has 0 N–H and O–H groups in total. The Labute approximate surface area is 184 Å². The van der Waals surface area contributed by atoms with Crippen molar-refractivity contribution >= 4 is 16.1 Å². The van der Waals surface area contributed by atoms with Crippen molar-refractivity contribution in [1.29, 1.82) is 0 Å².